The molecule has 0 aromatic heterocycles. The molecule has 4 heteroatoms. The maximum Gasteiger partial charge on any atom is 0.225 e. The van der Waals surface area contributed by atoms with Crippen LogP contribution in [0, 0.1) is 5.92 Å². The van der Waals surface area contributed by atoms with Gasteiger partial charge in [0.15, 0.2) is 0 Å². The van der Waals surface area contributed by atoms with Crippen LogP contribution in [0.3, 0.4) is 0 Å². The van der Waals surface area contributed by atoms with Gasteiger partial charge in [0.2, 0.25) is 5.91 Å². The predicted molar refractivity (Wildman–Crippen MR) is 61.6 cm³/mol. The number of rotatable bonds is 7. The van der Waals surface area contributed by atoms with E-state index in [0.29, 0.717) is 13.2 Å². The van der Waals surface area contributed by atoms with Crippen molar-refractivity contribution in [2.24, 2.45) is 11.7 Å². The fourth-order valence-electron chi connectivity index (χ4n) is 1.67. The molecule has 2 atom stereocenters. The van der Waals surface area contributed by atoms with Crippen molar-refractivity contribution in [2.45, 2.75) is 33.2 Å². The van der Waals surface area contributed by atoms with Gasteiger partial charge in [0.25, 0.3) is 0 Å². The zero-order chi connectivity index (χ0) is 11.8. The van der Waals surface area contributed by atoms with Gasteiger partial charge in [0, 0.05) is 19.6 Å². The van der Waals surface area contributed by atoms with Crippen LogP contribution in [0.25, 0.3) is 0 Å². The Morgan fingerprint density at radius 3 is 2.47 bits per heavy atom. The summed E-state index contributed by atoms with van der Waals surface area (Å²) in [4.78, 5) is 13.8. The van der Waals surface area contributed by atoms with E-state index >= 15 is 0 Å². The van der Waals surface area contributed by atoms with Crippen LogP contribution in [0.1, 0.15) is 27.2 Å². The minimum absolute atomic E-state index is 0.00857. The summed E-state index contributed by atoms with van der Waals surface area (Å²) in [6.45, 7) is 7.77. The van der Waals surface area contributed by atoms with Crippen LogP contribution in [-0.2, 0) is 9.53 Å². The first-order chi connectivity index (χ1) is 7.08. The van der Waals surface area contributed by atoms with Crippen LogP contribution >= 0.6 is 0 Å². The fourth-order valence-corrected chi connectivity index (χ4v) is 1.67. The van der Waals surface area contributed by atoms with Crippen LogP contribution < -0.4 is 5.73 Å². The molecule has 0 aromatic rings. The predicted octanol–water partition coefficient (Wildman–Crippen LogP) is 0.855. The number of hydrogen-bond donors (Lipinski definition) is 1. The molecule has 0 saturated carbocycles. The number of nitrogens with two attached hydrogens (primary N) is 1. The van der Waals surface area contributed by atoms with E-state index in [4.69, 9.17) is 10.5 Å². The first kappa shape index (κ1) is 14.4. The maximum atomic E-state index is 12.0. The molecule has 0 aliphatic rings. The third kappa shape index (κ3) is 4.62. The largest absolute Gasteiger partial charge is 0.383 e. The normalized spacial score (nSPS) is 14.7. The number of methoxy groups -OCH3 is 1. The first-order valence-electron chi connectivity index (χ1n) is 5.57. The average molecular weight is 216 g/mol. The van der Waals surface area contributed by atoms with Crippen molar-refractivity contribution in [3.8, 4) is 0 Å². The van der Waals surface area contributed by atoms with Gasteiger partial charge in [-0.3, -0.25) is 4.79 Å². The summed E-state index contributed by atoms with van der Waals surface area (Å²) < 4.78 is 5.06. The zero-order valence-electron chi connectivity index (χ0n) is 10.3. The lowest BCUT2D eigenvalue weighted by atomic mass is 10.1. The number of nitrogens with zero attached hydrogens (tertiary/aromatic N) is 1. The van der Waals surface area contributed by atoms with Crippen molar-refractivity contribution in [3.05, 3.63) is 0 Å². The minimum atomic E-state index is 0.00857. The van der Waals surface area contributed by atoms with Crippen molar-refractivity contribution in [1.82, 2.24) is 4.90 Å². The molecule has 0 bridgehead atoms. The second-order valence-corrected chi connectivity index (χ2v) is 3.91. The molecule has 0 aromatic carbocycles. The third-order valence-electron chi connectivity index (χ3n) is 2.58. The fraction of sp³-hybridized carbons (Fsp3) is 0.909. The van der Waals surface area contributed by atoms with Crippen LogP contribution in [0.15, 0.2) is 0 Å². The zero-order valence-corrected chi connectivity index (χ0v) is 10.3. The Hall–Kier alpha value is -0.610. The number of ether oxygens (including phenoxy) is 1. The smallest absolute Gasteiger partial charge is 0.225 e. The van der Waals surface area contributed by atoms with Crippen molar-refractivity contribution in [3.63, 3.8) is 0 Å². The summed E-state index contributed by atoms with van der Waals surface area (Å²) in [7, 11) is 1.65. The SMILES string of the molecule is CCN(C(=O)C(C)CCN)C(C)COC. The second-order valence-electron chi connectivity index (χ2n) is 3.91. The van der Waals surface area contributed by atoms with E-state index in [0.717, 1.165) is 13.0 Å². The first-order valence-corrected chi connectivity index (χ1v) is 5.57. The lowest BCUT2D eigenvalue weighted by molar-refractivity contribution is -0.138. The molecule has 0 spiro atoms. The van der Waals surface area contributed by atoms with Gasteiger partial charge >= 0.3 is 0 Å². The van der Waals surface area contributed by atoms with Gasteiger partial charge in [0.05, 0.1) is 12.6 Å². The summed E-state index contributed by atoms with van der Waals surface area (Å²) in [6.07, 6.45) is 0.745. The van der Waals surface area contributed by atoms with Crippen molar-refractivity contribution < 1.29 is 9.53 Å². The lowest BCUT2D eigenvalue weighted by Gasteiger charge is -2.30. The van der Waals surface area contributed by atoms with Gasteiger partial charge in [-0.15, -0.1) is 0 Å². The highest BCUT2D eigenvalue weighted by atomic mass is 16.5. The Bertz CT molecular complexity index is 185. The molecular formula is C11H24N2O2. The van der Waals surface area contributed by atoms with Crippen LogP contribution in [0.5, 0.6) is 0 Å². The topological polar surface area (TPSA) is 55.6 Å². The summed E-state index contributed by atoms with van der Waals surface area (Å²) in [5.74, 6) is 0.182. The number of carbonyl (C=O) groups excluding carboxylic acids is 1. The summed E-state index contributed by atoms with van der Waals surface area (Å²) >= 11 is 0. The van der Waals surface area contributed by atoms with Crippen molar-refractivity contribution in [1.29, 1.82) is 0 Å². The Kier molecular flexibility index (Phi) is 7.34. The lowest BCUT2D eigenvalue weighted by Crippen LogP contribution is -2.43. The van der Waals surface area contributed by atoms with E-state index in [2.05, 4.69) is 0 Å². The molecule has 0 aliphatic heterocycles. The van der Waals surface area contributed by atoms with E-state index in [1.54, 1.807) is 7.11 Å². The molecule has 0 radical (unpaired) electrons. The Balaban J connectivity index is 4.32. The van der Waals surface area contributed by atoms with E-state index in [9.17, 15) is 4.79 Å². The third-order valence-corrected chi connectivity index (χ3v) is 2.58. The Labute approximate surface area is 92.8 Å². The van der Waals surface area contributed by atoms with E-state index in [1.165, 1.54) is 0 Å². The van der Waals surface area contributed by atoms with Gasteiger partial charge in [0.1, 0.15) is 0 Å². The van der Waals surface area contributed by atoms with Crippen LogP contribution in [-0.4, -0.2) is 43.7 Å². The Morgan fingerprint density at radius 1 is 1.47 bits per heavy atom. The summed E-state index contributed by atoms with van der Waals surface area (Å²) in [6, 6.07) is 0.132. The quantitative estimate of drug-likeness (QED) is 0.686. The molecule has 0 rings (SSSR count). The molecule has 0 fully saturated rings. The Morgan fingerprint density at radius 2 is 2.07 bits per heavy atom. The number of hydrogen-bond acceptors (Lipinski definition) is 3. The number of likely N-dealkylation sites (N-methyl/N-ethyl adjacent to an activating group) is 1. The van der Waals surface area contributed by atoms with E-state index < -0.39 is 0 Å². The molecule has 4 nitrogen and oxygen atoms in total. The number of amides is 1. The molecule has 90 valence electrons. The number of carbonyl (C=O) groups is 1. The van der Waals surface area contributed by atoms with Gasteiger partial charge in [-0.1, -0.05) is 6.92 Å². The van der Waals surface area contributed by atoms with Crippen LogP contribution in [0.2, 0.25) is 0 Å². The molecule has 2 N–H and O–H groups in total. The van der Waals surface area contributed by atoms with Crippen molar-refractivity contribution >= 4 is 5.91 Å². The summed E-state index contributed by atoms with van der Waals surface area (Å²) in [5.41, 5.74) is 5.45. The summed E-state index contributed by atoms with van der Waals surface area (Å²) in [5, 5.41) is 0. The van der Waals surface area contributed by atoms with E-state index in [1.807, 2.05) is 25.7 Å². The molecular weight excluding hydrogens is 192 g/mol. The minimum Gasteiger partial charge on any atom is -0.383 e. The van der Waals surface area contributed by atoms with Crippen LogP contribution in [0.4, 0.5) is 0 Å². The molecule has 1 amide bonds. The second kappa shape index (κ2) is 7.65. The van der Waals surface area contributed by atoms with Gasteiger partial charge in [-0.25, -0.2) is 0 Å². The maximum absolute atomic E-state index is 12.0. The highest BCUT2D eigenvalue weighted by molar-refractivity contribution is 5.78. The van der Waals surface area contributed by atoms with Gasteiger partial charge < -0.3 is 15.4 Å². The average Bonchev–Trinajstić information content (AvgIpc) is 2.19. The highest BCUT2D eigenvalue weighted by Gasteiger charge is 2.22. The molecule has 0 saturated heterocycles. The molecule has 0 aliphatic carbocycles. The van der Waals surface area contributed by atoms with E-state index in [-0.39, 0.29) is 17.9 Å². The monoisotopic (exact) mass is 216 g/mol. The van der Waals surface area contributed by atoms with Gasteiger partial charge in [-0.05, 0) is 26.8 Å². The highest BCUT2D eigenvalue weighted by Crippen LogP contribution is 2.09. The molecule has 0 heterocycles. The molecule has 2 unspecified atom stereocenters. The van der Waals surface area contributed by atoms with Crippen molar-refractivity contribution in [2.75, 3.05) is 26.8 Å². The van der Waals surface area contributed by atoms with Gasteiger partial charge in [-0.2, -0.15) is 0 Å². The molecule has 15 heavy (non-hydrogen) atoms. The standard InChI is InChI=1S/C11H24N2O2/c1-5-13(10(3)8-15-4)11(14)9(2)6-7-12/h9-10H,5-8,12H2,1-4H3.